The number of phenols is 2. The predicted octanol–water partition coefficient (Wildman–Crippen LogP) is 4.52. The minimum Gasteiger partial charge on any atom is -0.507 e. The molecule has 0 atom stereocenters. The number of phenolic OH excluding ortho intramolecular Hbond substituents is 2. The van der Waals surface area contributed by atoms with Crippen molar-refractivity contribution in [3.05, 3.63) is 46.4 Å². The molecule has 0 aliphatic heterocycles. The van der Waals surface area contributed by atoms with Crippen molar-refractivity contribution in [1.82, 2.24) is 0 Å². The van der Waals surface area contributed by atoms with Gasteiger partial charge in [0.1, 0.15) is 11.5 Å². The number of hydrogen-bond acceptors (Lipinski definition) is 4. The van der Waals surface area contributed by atoms with E-state index in [1.807, 2.05) is 6.92 Å². The van der Waals surface area contributed by atoms with E-state index in [0.29, 0.717) is 19.8 Å². The average molecular weight is 332 g/mol. The summed E-state index contributed by atoms with van der Waals surface area (Å²) in [4.78, 5) is 1.13. The molecule has 20 heavy (non-hydrogen) atoms. The third-order valence-electron chi connectivity index (χ3n) is 2.06. The van der Waals surface area contributed by atoms with Gasteiger partial charge in [0, 0.05) is 10.0 Å². The summed E-state index contributed by atoms with van der Waals surface area (Å²) in [7, 11) is 0. The third-order valence-corrected chi connectivity index (χ3v) is 3.63. The minimum atomic E-state index is 0.110. The summed E-state index contributed by atoms with van der Waals surface area (Å²) in [5, 5.41) is 20.4. The molecule has 0 bridgehead atoms. The Bertz CT molecular complexity index is 530. The summed E-state index contributed by atoms with van der Waals surface area (Å²) in [6.45, 7) is 2.65. The Hall–Kier alpha value is -1.07. The Morgan fingerprint density at radius 1 is 0.950 bits per heavy atom. The summed E-state index contributed by atoms with van der Waals surface area (Å²) >= 11 is 12.9. The highest BCUT2D eigenvalue weighted by Gasteiger charge is 2.08. The van der Waals surface area contributed by atoms with Crippen molar-refractivity contribution in [3.63, 3.8) is 0 Å². The van der Waals surface area contributed by atoms with Crippen LogP contribution in [0.3, 0.4) is 0 Å². The molecule has 0 aliphatic carbocycles. The molecule has 0 fully saturated rings. The Labute approximate surface area is 132 Å². The Morgan fingerprint density at radius 2 is 1.30 bits per heavy atom. The lowest BCUT2D eigenvalue weighted by atomic mass is 10.3. The van der Waals surface area contributed by atoms with E-state index in [0.717, 1.165) is 6.54 Å². The van der Waals surface area contributed by atoms with Crippen LogP contribution in [-0.2, 0) is 0 Å². The zero-order valence-electron chi connectivity index (χ0n) is 10.8. The van der Waals surface area contributed by atoms with Crippen LogP contribution >= 0.6 is 35.0 Å². The number of halogens is 2. The van der Waals surface area contributed by atoms with Crippen LogP contribution in [0.5, 0.6) is 11.5 Å². The smallest absolute Gasteiger partial charge is 0.129 e. The van der Waals surface area contributed by atoms with Crippen LogP contribution in [0.15, 0.2) is 46.2 Å². The molecule has 108 valence electrons. The second-order valence-corrected chi connectivity index (χ2v) is 5.69. The van der Waals surface area contributed by atoms with E-state index in [9.17, 15) is 10.2 Å². The number of nitrogens with two attached hydrogens (primary N) is 1. The van der Waals surface area contributed by atoms with Gasteiger partial charge in [-0.1, -0.05) is 41.9 Å². The first kappa shape index (κ1) is 17.0. The molecule has 0 radical (unpaired) electrons. The zero-order chi connectivity index (χ0) is 15.1. The molecule has 0 heterocycles. The molecule has 0 saturated carbocycles. The zero-order valence-corrected chi connectivity index (χ0v) is 13.1. The third kappa shape index (κ3) is 5.13. The summed E-state index contributed by atoms with van der Waals surface area (Å²) in [5.41, 5.74) is 4.85. The fourth-order valence-corrected chi connectivity index (χ4v) is 2.69. The molecule has 2 aromatic rings. The lowest BCUT2D eigenvalue weighted by Crippen LogP contribution is -1.87. The lowest BCUT2D eigenvalue weighted by molar-refractivity contribution is 0.460. The van der Waals surface area contributed by atoms with Crippen molar-refractivity contribution in [2.24, 2.45) is 5.73 Å². The molecule has 0 spiro atoms. The molecule has 0 saturated heterocycles. The van der Waals surface area contributed by atoms with Crippen LogP contribution in [-0.4, -0.2) is 16.8 Å². The summed E-state index contributed by atoms with van der Waals surface area (Å²) in [5.74, 6) is 0.220. The van der Waals surface area contributed by atoms with E-state index >= 15 is 0 Å². The van der Waals surface area contributed by atoms with Gasteiger partial charge in [-0.05, 0) is 42.9 Å². The van der Waals surface area contributed by atoms with Gasteiger partial charge >= 0.3 is 0 Å². The number of rotatable bonds is 2. The highest BCUT2D eigenvalue weighted by Crippen LogP contribution is 2.40. The fraction of sp³-hybridized carbons (Fsp3) is 0.143. The van der Waals surface area contributed by atoms with Gasteiger partial charge in [-0.2, -0.15) is 0 Å². The van der Waals surface area contributed by atoms with Gasteiger partial charge in [0.25, 0.3) is 0 Å². The number of benzene rings is 2. The maximum Gasteiger partial charge on any atom is 0.129 e. The second-order valence-electron chi connectivity index (χ2n) is 3.73. The van der Waals surface area contributed by atoms with Crippen molar-refractivity contribution in [2.45, 2.75) is 16.7 Å². The Balaban J connectivity index is 0.000000612. The Kier molecular flexibility index (Phi) is 7.02. The Morgan fingerprint density at radius 3 is 1.65 bits per heavy atom. The first-order valence-electron chi connectivity index (χ1n) is 5.82. The monoisotopic (exact) mass is 331 g/mol. The van der Waals surface area contributed by atoms with E-state index in [4.69, 9.17) is 28.9 Å². The maximum atomic E-state index is 9.66. The molecule has 0 amide bonds. The molecule has 2 rings (SSSR count). The minimum absolute atomic E-state index is 0.110. The SMILES string of the molecule is CCN.Oc1ccc(Cl)cc1Sc1cc(Cl)ccc1O. The van der Waals surface area contributed by atoms with E-state index in [1.54, 1.807) is 24.3 Å². The number of aromatic hydroxyl groups is 2. The molecular weight excluding hydrogens is 317 g/mol. The van der Waals surface area contributed by atoms with Gasteiger partial charge in [0.2, 0.25) is 0 Å². The lowest BCUT2D eigenvalue weighted by Gasteiger charge is -2.07. The first-order valence-corrected chi connectivity index (χ1v) is 7.40. The van der Waals surface area contributed by atoms with Crippen molar-refractivity contribution in [1.29, 1.82) is 0 Å². The van der Waals surface area contributed by atoms with Crippen molar-refractivity contribution in [2.75, 3.05) is 6.54 Å². The molecule has 3 nitrogen and oxygen atoms in total. The van der Waals surface area contributed by atoms with E-state index in [1.165, 1.54) is 23.9 Å². The van der Waals surface area contributed by atoms with Gasteiger partial charge in [-0.25, -0.2) is 0 Å². The van der Waals surface area contributed by atoms with Crippen molar-refractivity contribution >= 4 is 35.0 Å². The molecule has 0 unspecified atom stereocenters. The molecule has 2 aromatic carbocycles. The topological polar surface area (TPSA) is 66.5 Å². The largest absolute Gasteiger partial charge is 0.507 e. The van der Waals surface area contributed by atoms with Crippen LogP contribution in [0.1, 0.15) is 6.92 Å². The van der Waals surface area contributed by atoms with Crippen LogP contribution in [0.4, 0.5) is 0 Å². The normalized spacial score (nSPS) is 9.80. The first-order chi connectivity index (χ1) is 9.47. The van der Waals surface area contributed by atoms with E-state index < -0.39 is 0 Å². The fourth-order valence-electron chi connectivity index (χ4n) is 1.26. The van der Waals surface area contributed by atoms with Gasteiger partial charge in [-0.15, -0.1) is 0 Å². The van der Waals surface area contributed by atoms with E-state index in [2.05, 4.69) is 0 Å². The number of hydrogen-bond donors (Lipinski definition) is 3. The molecule has 0 aromatic heterocycles. The molecule has 6 heteroatoms. The maximum absolute atomic E-state index is 9.66. The summed E-state index contributed by atoms with van der Waals surface area (Å²) < 4.78 is 0. The van der Waals surface area contributed by atoms with Crippen LogP contribution < -0.4 is 5.73 Å². The van der Waals surface area contributed by atoms with E-state index in [-0.39, 0.29) is 11.5 Å². The van der Waals surface area contributed by atoms with Crippen molar-refractivity contribution in [3.8, 4) is 11.5 Å². The van der Waals surface area contributed by atoms with Gasteiger partial charge in [0.15, 0.2) is 0 Å². The quantitative estimate of drug-likeness (QED) is 0.756. The molecular formula is C14H15Cl2NO2S. The predicted molar refractivity (Wildman–Crippen MR) is 85.1 cm³/mol. The molecule has 0 aliphatic rings. The van der Waals surface area contributed by atoms with Gasteiger partial charge < -0.3 is 15.9 Å². The summed E-state index contributed by atoms with van der Waals surface area (Å²) in [6.07, 6.45) is 0. The van der Waals surface area contributed by atoms with Crippen molar-refractivity contribution < 1.29 is 10.2 Å². The van der Waals surface area contributed by atoms with Gasteiger partial charge in [-0.3, -0.25) is 0 Å². The van der Waals surface area contributed by atoms with Crippen LogP contribution in [0, 0.1) is 0 Å². The highest BCUT2D eigenvalue weighted by molar-refractivity contribution is 7.99. The highest BCUT2D eigenvalue weighted by atomic mass is 35.5. The van der Waals surface area contributed by atoms with Crippen LogP contribution in [0.25, 0.3) is 0 Å². The van der Waals surface area contributed by atoms with Crippen LogP contribution in [0.2, 0.25) is 10.0 Å². The molecule has 4 N–H and O–H groups in total. The summed E-state index contributed by atoms with van der Waals surface area (Å²) in [6, 6.07) is 9.46. The second kappa shape index (κ2) is 8.27. The average Bonchev–Trinajstić information content (AvgIpc) is 2.39. The standard InChI is InChI=1S/C12H8Cl2O2S.C2H7N/c13-7-1-3-9(15)11(5-7)17-12-6-8(14)2-4-10(12)16;1-2-3/h1-6,15-16H;2-3H2,1H3. The van der Waals surface area contributed by atoms with Gasteiger partial charge in [0.05, 0.1) is 9.79 Å².